The van der Waals surface area contributed by atoms with E-state index in [0.717, 1.165) is 45.1 Å². The summed E-state index contributed by atoms with van der Waals surface area (Å²) in [6.07, 6.45) is 6.40. The smallest absolute Gasteiger partial charge is 0.0576 e. The van der Waals surface area contributed by atoms with E-state index in [1.807, 2.05) is 0 Å². The molecular weight excluding hydrogens is 192 g/mol. The van der Waals surface area contributed by atoms with Crippen LogP contribution < -0.4 is 0 Å². The zero-order valence-corrected chi connectivity index (χ0v) is 9.74. The third-order valence-corrected chi connectivity index (χ3v) is 3.47. The van der Waals surface area contributed by atoms with Crippen LogP contribution in [0, 0.1) is 5.41 Å². The lowest BCUT2D eigenvalue weighted by atomic mass is 9.80. The Hall–Kier alpha value is -0.120. The van der Waals surface area contributed by atoms with E-state index in [2.05, 4.69) is 6.92 Å². The van der Waals surface area contributed by atoms with Crippen LogP contribution in [0.25, 0.3) is 0 Å². The highest BCUT2D eigenvalue weighted by molar-refractivity contribution is 4.79. The number of rotatable bonds is 7. The van der Waals surface area contributed by atoms with Crippen molar-refractivity contribution in [2.75, 3.05) is 19.8 Å². The van der Waals surface area contributed by atoms with Gasteiger partial charge in [-0.1, -0.05) is 13.3 Å². The Morgan fingerprint density at radius 3 is 2.47 bits per heavy atom. The predicted octanol–water partition coefficient (Wildman–Crippen LogP) is 1.72. The standard InChI is InChI=1S/C12H24O3/c1-2-6-12(9-13,10-14)7-5-11-4-3-8-15-11/h11,13-14H,2-10H2,1H3. The molecule has 1 fully saturated rings. The zero-order chi connectivity index (χ0) is 11.1. The minimum Gasteiger partial charge on any atom is -0.396 e. The molecule has 0 saturated carbocycles. The van der Waals surface area contributed by atoms with Gasteiger partial charge in [-0.15, -0.1) is 0 Å². The van der Waals surface area contributed by atoms with E-state index in [1.165, 1.54) is 0 Å². The van der Waals surface area contributed by atoms with Crippen molar-refractivity contribution >= 4 is 0 Å². The Morgan fingerprint density at radius 2 is 2.00 bits per heavy atom. The van der Waals surface area contributed by atoms with Crippen LogP contribution in [0.1, 0.15) is 45.4 Å². The van der Waals surface area contributed by atoms with Gasteiger partial charge in [-0.25, -0.2) is 0 Å². The first-order chi connectivity index (χ1) is 7.26. The molecule has 0 aromatic heterocycles. The fourth-order valence-electron chi connectivity index (χ4n) is 2.36. The summed E-state index contributed by atoms with van der Waals surface area (Å²) < 4.78 is 5.55. The van der Waals surface area contributed by atoms with E-state index in [9.17, 15) is 10.2 Å². The second kappa shape index (κ2) is 6.46. The van der Waals surface area contributed by atoms with Gasteiger partial charge >= 0.3 is 0 Å². The molecule has 90 valence electrons. The van der Waals surface area contributed by atoms with Crippen LogP contribution in [0.5, 0.6) is 0 Å². The highest BCUT2D eigenvalue weighted by Crippen LogP contribution is 2.31. The maximum atomic E-state index is 9.38. The summed E-state index contributed by atoms with van der Waals surface area (Å²) in [7, 11) is 0. The third kappa shape index (κ3) is 3.74. The molecule has 0 aliphatic carbocycles. The highest BCUT2D eigenvalue weighted by Gasteiger charge is 2.29. The van der Waals surface area contributed by atoms with E-state index in [4.69, 9.17) is 4.74 Å². The van der Waals surface area contributed by atoms with Gasteiger partial charge in [-0.05, 0) is 32.1 Å². The van der Waals surface area contributed by atoms with Crippen molar-refractivity contribution in [2.24, 2.45) is 5.41 Å². The molecule has 0 aromatic carbocycles. The quantitative estimate of drug-likeness (QED) is 0.681. The third-order valence-electron chi connectivity index (χ3n) is 3.47. The molecule has 15 heavy (non-hydrogen) atoms. The molecular formula is C12H24O3. The van der Waals surface area contributed by atoms with Gasteiger partial charge in [-0.2, -0.15) is 0 Å². The van der Waals surface area contributed by atoms with E-state index in [-0.39, 0.29) is 18.6 Å². The number of hydrogen-bond donors (Lipinski definition) is 2. The molecule has 3 nitrogen and oxygen atoms in total. The maximum Gasteiger partial charge on any atom is 0.0576 e. The summed E-state index contributed by atoms with van der Waals surface area (Å²) in [4.78, 5) is 0. The minimum atomic E-state index is -0.277. The molecule has 1 saturated heterocycles. The summed E-state index contributed by atoms with van der Waals surface area (Å²) in [6, 6.07) is 0. The minimum absolute atomic E-state index is 0.0874. The Bertz CT molecular complexity index is 160. The first-order valence-electron chi connectivity index (χ1n) is 6.09. The summed E-state index contributed by atoms with van der Waals surface area (Å²) in [5, 5.41) is 18.8. The van der Waals surface area contributed by atoms with Crippen LogP contribution in [0.4, 0.5) is 0 Å². The lowest BCUT2D eigenvalue weighted by Crippen LogP contribution is -2.31. The maximum absolute atomic E-state index is 9.38. The SMILES string of the molecule is CCCC(CO)(CO)CCC1CCCO1. The predicted molar refractivity (Wildman–Crippen MR) is 59.7 cm³/mol. The van der Waals surface area contributed by atoms with Crippen molar-refractivity contribution < 1.29 is 14.9 Å². The van der Waals surface area contributed by atoms with Gasteiger partial charge < -0.3 is 14.9 Å². The normalized spacial score (nSPS) is 22.2. The first kappa shape index (κ1) is 12.9. The monoisotopic (exact) mass is 216 g/mol. The fourth-order valence-corrected chi connectivity index (χ4v) is 2.36. The van der Waals surface area contributed by atoms with Gasteiger partial charge in [0.15, 0.2) is 0 Å². The Labute approximate surface area is 92.4 Å². The Balaban J connectivity index is 2.35. The molecule has 1 aliphatic rings. The van der Waals surface area contributed by atoms with Gasteiger partial charge in [0.25, 0.3) is 0 Å². The number of ether oxygens (including phenoxy) is 1. The van der Waals surface area contributed by atoms with Crippen LogP contribution in [-0.4, -0.2) is 36.1 Å². The second-order valence-electron chi connectivity index (χ2n) is 4.74. The van der Waals surface area contributed by atoms with E-state index < -0.39 is 0 Å². The molecule has 0 aromatic rings. The van der Waals surface area contributed by atoms with Crippen LogP contribution >= 0.6 is 0 Å². The van der Waals surface area contributed by atoms with Crippen molar-refractivity contribution in [2.45, 2.75) is 51.6 Å². The van der Waals surface area contributed by atoms with Crippen molar-refractivity contribution in [3.8, 4) is 0 Å². The first-order valence-corrected chi connectivity index (χ1v) is 6.09. The molecule has 2 N–H and O–H groups in total. The highest BCUT2D eigenvalue weighted by atomic mass is 16.5. The Kier molecular flexibility index (Phi) is 5.58. The second-order valence-corrected chi connectivity index (χ2v) is 4.74. The number of aliphatic hydroxyl groups excluding tert-OH is 2. The van der Waals surface area contributed by atoms with Crippen LogP contribution in [0.3, 0.4) is 0 Å². The summed E-state index contributed by atoms with van der Waals surface area (Å²) >= 11 is 0. The summed E-state index contributed by atoms with van der Waals surface area (Å²) in [6.45, 7) is 3.14. The average molecular weight is 216 g/mol. The topological polar surface area (TPSA) is 49.7 Å². The fraction of sp³-hybridized carbons (Fsp3) is 1.00. The molecule has 0 bridgehead atoms. The molecule has 0 radical (unpaired) electrons. The largest absolute Gasteiger partial charge is 0.396 e. The van der Waals surface area contributed by atoms with Crippen molar-refractivity contribution in [3.05, 3.63) is 0 Å². The lowest BCUT2D eigenvalue weighted by molar-refractivity contribution is 0.0197. The van der Waals surface area contributed by atoms with Crippen LogP contribution in [-0.2, 0) is 4.74 Å². The summed E-state index contributed by atoms with van der Waals surface area (Å²) in [5.74, 6) is 0. The molecule has 1 atom stereocenters. The van der Waals surface area contributed by atoms with Crippen molar-refractivity contribution in [1.29, 1.82) is 0 Å². The van der Waals surface area contributed by atoms with Gasteiger partial charge in [0.05, 0.1) is 19.3 Å². The Morgan fingerprint density at radius 1 is 1.27 bits per heavy atom. The van der Waals surface area contributed by atoms with Crippen LogP contribution in [0.15, 0.2) is 0 Å². The zero-order valence-electron chi connectivity index (χ0n) is 9.74. The number of aliphatic hydroxyl groups is 2. The van der Waals surface area contributed by atoms with E-state index in [0.29, 0.717) is 6.10 Å². The van der Waals surface area contributed by atoms with E-state index >= 15 is 0 Å². The van der Waals surface area contributed by atoms with Crippen LogP contribution in [0.2, 0.25) is 0 Å². The van der Waals surface area contributed by atoms with Gasteiger partial charge in [-0.3, -0.25) is 0 Å². The average Bonchev–Trinajstić information content (AvgIpc) is 2.77. The van der Waals surface area contributed by atoms with Gasteiger partial charge in [0.1, 0.15) is 0 Å². The molecule has 0 spiro atoms. The molecule has 1 rings (SSSR count). The van der Waals surface area contributed by atoms with E-state index in [1.54, 1.807) is 0 Å². The molecule has 0 amide bonds. The molecule has 1 unspecified atom stereocenters. The number of hydrogen-bond acceptors (Lipinski definition) is 3. The lowest BCUT2D eigenvalue weighted by Gasteiger charge is -2.30. The van der Waals surface area contributed by atoms with Gasteiger partial charge in [0.2, 0.25) is 0 Å². The summed E-state index contributed by atoms with van der Waals surface area (Å²) in [5.41, 5.74) is -0.277. The molecule has 3 heteroatoms. The molecule has 1 aliphatic heterocycles. The van der Waals surface area contributed by atoms with Crippen molar-refractivity contribution in [1.82, 2.24) is 0 Å². The van der Waals surface area contributed by atoms with Crippen molar-refractivity contribution in [3.63, 3.8) is 0 Å². The molecule has 1 heterocycles. The van der Waals surface area contributed by atoms with Gasteiger partial charge in [0, 0.05) is 12.0 Å².